The molecule has 138 valence electrons. The first-order valence-electron chi connectivity index (χ1n) is 10.3. The summed E-state index contributed by atoms with van der Waals surface area (Å²) in [7, 11) is 0. The highest BCUT2D eigenvalue weighted by Gasteiger charge is 2.24. The van der Waals surface area contributed by atoms with Crippen molar-refractivity contribution in [1.82, 2.24) is 9.97 Å². The molecule has 0 radical (unpaired) electrons. The fourth-order valence-electron chi connectivity index (χ4n) is 4.29. The van der Waals surface area contributed by atoms with E-state index in [1.807, 2.05) is 0 Å². The van der Waals surface area contributed by atoms with Crippen LogP contribution in [0.4, 0.5) is 11.8 Å². The van der Waals surface area contributed by atoms with Crippen molar-refractivity contribution in [2.24, 2.45) is 0 Å². The van der Waals surface area contributed by atoms with E-state index in [2.05, 4.69) is 53.1 Å². The molecular formula is C22H30N4. The number of piperidine rings is 2. The van der Waals surface area contributed by atoms with Crippen LogP contribution in [0.3, 0.4) is 0 Å². The fraction of sp³-hybridized carbons (Fsp3) is 0.545. The molecule has 2 aliphatic heterocycles. The topological polar surface area (TPSA) is 32.3 Å². The van der Waals surface area contributed by atoms with Crippen LogP contribution in [0.15, 0.2) is 36.4 Å². The van der Waals surface area contributed by atoms with Gasteiger partial charge in [0.2, 0.25) is 5.95 Å². The molecule has 4 nitrogen and oxygen atoms in total. The zero-order valence-electron chi connectivity index (χ0n) is 15.9. The standard InChI is InChI=1S/C22H30N4/c1-2-19-13-7-10-16-26(19)21-17-20(18-11-5-3-6-12-18)23-22(24-21)25-14-8-4-9-15-25/h3,5-6,11-12,17,19H,2,4,7-10,13-16H2,1H3. The molecule has 3 heterocycles. The number of anilines is 2. The van der Waals surface area contributed by atoms with Gasteiger partial charge >= 0.3 is 0 Å². The molecule has 2 aromatic rings. The molecule has 0 spiro atoms. The van der Waals surface area contributed by atoms with Crippen LogP contribution in [0.5, 0.6) is 0 Å². The summed E-state index contributed by atoms with van der Waals surface area (Å²) >= 11 is 0. The highest BCUT2D eigenvalue weighted by atomic mass is 15.3. The molecule has 26 heavy (non-hydrogen) atoms. The van der Waals surface area contributed by atoms with Gasteiger partial charge in [-0.2, -0.15) is 4.98 Å². The Labute approximate surface area is 157 Å². The molecule has 1 aromatic carbocycles. The Morgan fingerprint density at radius 1 is 0.923 bits per heavy atom. The van der Waals surface area contributed by atoms with Crippen molar-refractivity contribution in [1.29, 1.82) is 0 Å². The van der Waals surface area contributed by atoms with Gasteiger partial charge in [-0.15, -0.1) is 0 Å². The van der Waals surface area contributed by atoms with E-state index in [0.29, 0.717) is 6.04 Å². The minimum absolute atomic E-state index is 0.608. The van der Waals surface area contributed by atoms with Crippen LogP contribution in [0.25, 0.3) is 11.3 Å². The number of nitrogens with zero attached hydrogens (tertiary/aromatic N) is 4. The average Bonchev–Trinajstić information content (AvgIpc) is 2.74. The van der Waals surface area contributed by atoms with E-state index < -0.39 is 0 Å². The van der Waals surface area contributed by atoms with E-state index in [9.17, 15) is 0 Å². The Kier molecular flexibility index (Phi) is 5.37. The molecule has 2 fully saturated rings. The van der Waals surface area contributed by atoms with Crippen molar-refractivity contribution in [2.75, 3.05) is 29.4 Å². The average molecular weight is 351 g/mol. The molecule has 0 saturated carbocycles. The van der Waals surface area contributed by atoms with Crippen molar-refractivity contribution >= 4 is 11.8 Å². The third-order valence-electron chi connectivity index (χ3n) is 5.80. The van der Waals surface area contributed by atoms with Crippen LogP contribution in [0, 0.1) is 0 Å². The Balaban J connectivity index is 1.74. The van der Waals surface area contributed by atoms with Gasteiger partial charge in [0.05, 0.1) is 5.69 Å². The number of hydrogen-bond acceptors (Lipinski definition) is 4. The maximum atomic E-state index is 5.05. The van der Waals surface area contributed by atoms with Crippen LogP contribution in [-0.4, -0.2) is 35.6 Å². The van der Waals surface area contributed by atoms with E-state index in [4.69, 9.17) is 9.97 Å². The number of rotatable bonds is 4. The molecule has 0 bridgehead atoms. The molecular weight excluding hydrogens is 320 g/mol. The third-order valence-corrected chi connectivity index (χ3v) is 5.80. The largest absolute Gasteiger partial charge is 0.353 e. The zero-order chi connectivity index (χ0) is 17.8. The molecule has 0 amide bonds. The SMILES string of the molecule is CCC1CCCCN1c1cc(-c2ccccc2)nc(N2CCCCC2)n1. The predicted octanol–water partition coefficient (Wildman–Crippen LogP) is 4.90. The molecule has 1 aromatic heterocycles. The minimum Gasteiger partial charge on any atom is -0.353 e. The zero-order valence-corrected chi connectivity index (χ0v) is 15.9. The molecule has 0 aliphatic carbocycles. The van der Waals surface area contributed by atoms with Crippen LogP contribution in [0.2, 0.25) is 0 Å². The normalized spacial score (nSPS) is 21.0. The van der Waals surface area contributed by atoms with Gasteiger partial charge < -0.3 is 9.80 Å². The Bertz CT molecular complexity index is 709. The maximum Gasteiger partial charge on any atom is 0.227 e. The van der Waals surface area contributed by atoms with E-state index in [0.717, 1.165) is 37.1 Å². The van der Waals surface area contributed by atoms with Crippen LogP contribution in [-0.2, 0) is 0 Å². The summed E-state index contributed by atoms with van der Waals surface area (Å²) in [4.78, 5) is 14.9. The molecule has 4 rings (SSSR count). The maximum absolute atomic E-state index is 5.05. The van der Waals surface area contributed by atoms with Gasteiger partial charge in [0, 0.05) is 37.3 Å². The lowest BCUT2D eigenvalue weighted by Crippen LogP contribution is -2.40. The lowest BCUT2D eigenvalue weighted by molar-refractivity contribution is 0.446. The van der Waals surface area contributed by atoms with Crippen LogP contribution in [0.1, 0.15) is 51.9 Å². The van der Waals surface area contributed by atoms with Crippen molar-refractivity contribution in [3.05, 3.63) is 36.4 Å². The minimum atomic E-state index is 0.608. The number of aromatic nitrogens is 2. The molecule has 1 unspecified atom stereocenters. The first kappa shape index (κ1) is 17.3. The van der Waals surface area contributed by atoms with E-state index in [1.165, 1.54) is 50.5 Å². The van der Waals surface area contributed by atoms with Gasteiger partial charge in [0.15, 0.2) is 0 Å². The summed E-state index contributed by atoms with van der Waals surface area (Å²) in [5.41, 5.74) is 2.23. The predicted molar refractivity (Wildman–Crippen MR) is 109 cm³/mol. The van der Waals surface area contributed by atoms with Gasteiger partial charge in [-0.25, -0.2) is 4.98 Å². The monoisotopic (exact) mass is 350 g/mol. The first-order chi connectivity index (χ1) is 12.8. The lowest BCUT2D eigenvalue weighted by atomic mass is 10.00. The molecule has 2 saturated heterocycles. The second-order valence-electron chi connectivity index (χ2n) is 7.58. The number of benzene rings is 1. The Morgan fingerprint density at radius 2 is 1.69 bits per heavy atom. The Hall–Kier alpha value is -2.10. The highest BCUT2D eigenvalue weighted by molar-refractivity contribution is 5.65. The molecule has 2 aliphatic rings. The number of hydrogen-bond donors (Lipinski definition) is 0. The van der Waals surface area contributed by atoms with Crippen LogP contribution >= 0.6 is 0 Å². The lowest BCUT2D eigenvalue weighted by Gasteiger charge is -2.37. The summed E-state index contributed by atoms with van der Waals surface area (Å²) in [5.74, 6) is 2.03. The summed E-state index contributed by atoms with van der Waals surface area (Å²) < 4.78 is 0. The van der Waals surface area contributed by atoms with Gasteiger partial charge in [0.1, 0.15) is 5.82 Å². The highest BCUT2D eigenvalue weighted by Crippen LogP contribution is 2.30. The quantitative estimate of drug-likeness (QED) is 0.785. The summed E-state index contributed by atoms with van der Waals surface area (Å²) in [6, 6.07) is 13.4. The fourth-order valence-corrected chi connectivity index (χ4v) is 4.29. The molecule has 0 N–H and O–H groups in total. The van der Waals surface area contributed by atoms with Crippen molar-refractivity contribution in [3.8, 4) is 11.3 Å². The van der Waals surface area contributed by atoms with E-state index in [-0.39, 0.29) is 0 Å². The summed E-state index contributed by atoms with van der Waals surface area (Å²) in [6.07, 6.45) is 8.88. The first-order valence-corrected chi connectivity index (χ1v) is 10.3. The van der Waals surface area contributed by atoms with Crippen molar-refractivity contribution in [3.63, 3.8) is 0 Å². The van der Waals surface area contributed by atoms with Crippen molar-refractivity contribution < 1.29 is 0 Å². The van der Waals surface area contributed by atoms with Gasteiger partial charge in [0.25, 0.3) is 0 Å². The van der Waals surface area contributed by atoms with Gasteiger partial charge in [-0.3, -0.25) is 0 Å². The smallest absolute Gasteiger partial charge is 0.227 e. The van der Waals surface area contributed by atoms with Gasteiger partial charge in [-0.1, -0.05) is 37.3 Å². The van der Waals surface area contributed by atoms with Crippen LogP contribution < -0.4 is 9.80 Å². The van der Waals surface area contributed by atoms with Gasteiger partial charge in [-0.05, 0) is 44.9 Å². The van der Waals surface area contributed by atoms with E-state index in [1.54, 1.807) is 0 Å². The molecule has 4 heteroatoms. The second-order valence-corrected chi connectivity index (χ2v) is 7.58. The second kappa shape index (κ2) is 8.07. The van der Waals surface area contributed by atoms with E-state index >= 15 is 0 Å². The summed E-state index contributed by atoms with van der Waals surface area (Å²) in [5, 5.41) is 0. The summed E-state index contributed by atoms with van der Waals surface area (Å²) in [6.45, 7) is 5.57. The third kappa shape index (κ3) is 3.69. The van der Waals surface area contributed by atoms with Crippen molar-refractivity contribution in [2.45, 2.75) is 57.9 Å². The Morgan fingerprint density at radius 3 is 2.46 bits per heavy atom. The molecule has 1 atom stereocenters.